The highest BCUT2D eigenvalue weighted by Crippen LogP contribution is 2.17. The van der Waals surface area contributed by atoms with Gasteiger partial charge in [-0.25, -0.2) is 0 Å². The third-order valence-electron chi connectivity index (χ3n) is 3.11. The molecule has 0 aromatic heterocycles. The van der Waals surface area contributed by atoms with Crippen LogP contribution in [0.2, 0.25) is 0 Å². The molecule has 4 nitrogen and oxygen atoms in total. The molecule has 0 atom stereocenters. The summed E-state index contributed by atoms with van der Waals surface area (Å²) < 4.78 is 6.18. The number of carbonyl (C=O) groups excluding carboxylic acids is 1. The molecule has 2 rings (SSSR count). The van der Waals surface area contributed by atoms with Crippen LogP contribution in [0.1, 0.15) is 5.56 Å². The van der Waals surface area contributed by atoms with Gasteiger partial charge >= 0.3 is 0 Å². The Kier molecular flexibility index (Phi) is 5.98. The summed E-state index contributed by atoms with van der Waals surface area (Å²) in [4.78, 5) is 14.0. The van der Waals surface area contributed by atoms with E-state index in [1.54, 1.807) is 13.2 Å². The number of carbonyl (C=O) groups is 1. The van der Waals surface area contributed by atoms with Crippen molar-refractivity contribution in [2.75, 3.05) is 26.0 Å². The highest BCUT2D eigenvalue weighted by atomic mass is 79.9. The Bertz CT molecular complexity index is 646. The number of amides is 1. The lowest BCUT2D eigenvalue weighted by Gasteiger charge is -2.16. The molecule has 1 amide bonds. The van der Waals surface area contributed by atoms with Gasteiger partial charge in [0.15, 0.2) is 0 Å². The van der Waals surface area contributed by atoms with Gasteiger partial charge in [0, 0.05) is 22.8 Å². The SMILES string of the molecule is COc1cccc(NC(=O)CN(C)Cc2cccc(Br)c2)c1. The van der Waals surface area contributed by atoms with Crippen LogP contribution in [-0.2, 0) is 11.3 Å². The molecule has 0 radical (unpaired) electrons. The Labute approximate surface area is 139 Å². The van der Waals surface area contributed by atoms with Gasteiger partial charge in [0.25, 0.3) is 0 Å². The molecular formula is C17H19BrN2O2. The molecule has 0 fully saturated rings. The molecule has 2 aromatic rings. The fourth-order valence-corrected chi connectivity index (χ4v) is 2.60. The lowest BCUT2D eigenvalue weighted by atomic mass is 10.2. The first-order chi connectivity index (χ1) is 10.6. The number of anilines is 1. The van der Waals surface area contributed by atoms with Gasteiger partial charge in [-0.2, -0.15) is 0 Å². The van der Waals surface area contributed by atoms with E-state index in [0.29, 0.717) is 13.1 Å². The second-order valence-electron chi connectivity index (χ2n) is 5.08. The van der Waals surface area contributed by atoms with Crippen LogP contribution in [0.5, 0.6) is 5.75 Å². The quantitative estimate of drug-likeness (QED) is 0.854. The van der Waals surface area contributed by atoms with Crippen molar-refractivity contribution >= 4 is 27.5 Å². The summed E-state index contributed by atoms with van der Waals surface area (Å²) in [6.45, 7) is 1.04. The van der Waals surface area contributed by atoms with E-state index in [9.17, 15) is 4.79 Å². The topological polar surface area (TPSA) is 41.6 Å². The molecule has 0 heterocycles. The van der Waals surface area contributed by atoms with E-state index in [2.05, 4.69) is 27.3 Å². The average Bonchev–Trinajstić information content (AvgIpc) is 2.47. The number of rotatable bonds is 6. The van der Waals surface area contributed by atoms with Crippen LogP contribution in [0.15, 0.2) is 53.0 Å². The zero-order valence-corrected chi connectivity index (χ0v) is 14.3. The molecular weight excluding hydrogens is 344 g/mol. The zero-order valence-electron chi connectivity index (χ0n) is 12.7. The van der Waals surface area contributed by atoms with Crippen LogP contribution >= 0.6 is 15.9 Å². The normalized spacial score (nSPS) is 10.5. The molecule has 116 valence electrons. The van der Waals surface area contributed by atoms with Crippen LogP contribution < -0.4 is 10.1 Å². The molecule has 5 heteroatoms. The van der Waals surface area contributed by atoms with Gasteiger partial charge in [-0.15, -0.1) is 0 Å². The van der Waals surface area contributed by atoms with E-state index in [1.807, 2.05) is 48.3 Å². The fraction of sp³-hybridized carbons (Fsp3) is 0.235. The van der Waals surface area contributed by atoms with Gasteiger partial charge in [-0.05, 0) is 36.9 Å². The molecule has 0 aliphatic carbocycles. The van der Waals surface area contributed by atoms with Gasteiger partial charge in [0.1, 0.15) is 5.75 Å². The van der Waals surface area contributed by atoms with Gasteiger partial charge < -0.3 is 10.1 Å². The number of halogens is 1. The van der Waals surface area contributed by atoms with Crippen molar-refractivity contribution in [2.45, 2.75) is 6.54 Å². The summed E-state index contributed by atoms with van der Waals surface area (Å²) in [5.74, 6) is 0.672. The van der Waals surface area contributed by atoms with Gasteiger partial charge in [0.2, 0.25) is 5.91 Å². The summed E-state index contributed by atoms with van der Waals surface area (Å²) in [5.41, 5.74) is 1.89. The standard InChI is InChI=1S/C17H19BrN2O2/c1-20(11-13-5-3-6-14(18)9-13)12-17(21)19-15-7-4-8-16(10-15)22-2/h3-10H,11-12H2,1-2H3,(H,19,21). The highest BCUT2D eigenvalue weighted by Gasteiger charge is 2.08. The first-order valence-electron chi connectivity index (χ1n) is 6.93. The Balaban J connectivity index is 1.88. The minimum Gasteiger partial charge on any atom is -0.497 e. The van der Waals surface area contributed by atoms with Gasteiger partial charge in [-0.3, -0.25) is 9.69 Å². The van der Waals surface area contributed by atoms with Crippen molar-refractivity contribution in [1.82, 2.24) is 4.90 Å². The maximum atomic E-state index is 12.1. The largest absolute Gasteiger partial charge is 0.497 e. The molecule has 0 unspecified atom stereocenters. The molecule has 0 aliphatic rings. The number of nitrogens with zero attached hydrogens (tertiary/aromatic N) is 1. The van der Waals surface area contributed by atoms with Crippen LogP contribution in [0.25, 0.3) is 0 Å². The molecule has 2 aromatic carbocycles. The van der Waals surface area contributed by atoms with Crippen molar-refractivity contribution < 1.29 is 9.53 Å². The Hall–Kier alpha value is -1.85. The second kappa shape index (κ2) is 7.96. The second-order valence-corrected chi connectivity index (χ2v) is 6.00. The van der Waals surface area contributed by atoms with E-state index in [-0.39, 0.29) is 5.91 Å². The monoisotopic (exact) mass is 362 g/mol. The Morgan fingerprint density at radius 3 is 2.73 bits per heavy atom. The van der Waals surface area contributed by atoms with E-state index in [4.69, 9.17) is 4.74 Å². The first kappa shape index (κ1) is 16.5. The molecule has 0 aliphatic heterocycles. The third kappa shape index (κ3) is 5.16. The predicted octanol–water partition coefficient (Wildman–Crippen LogP) is 3.53. The van der Waals surface area contributed by atoms with Crippen molar-refractivity contribution in [1.29, 1.82) is 0 Å². The first-order valence-corrected chi connectivity index (χ1v) is 7.73. The highest BCUT2D eigenvalue weighted by molar-refractivity contribution is 9.10. The fourth-order valence-electron chi connectivity index (χ4n) is 2.15. The summed E-state index contributed by atoms with van der Waals surface area (Å²) in [7, 11) is 3.53. The number of benzene rings is 2. The number of hydrogen-bond acceptors (Lipinski definition) is 3. The van der Waals surface area contributed by atoms with Crippen molar-refractivity contribution in [3.8, 4) is 5.75 Å². The van der Waals surface area contributed by atoms with E-state index in [1.165, 1.54) is 0 Å². The number of likely N-dealkylation sites (N-methyl/N-ethyl adjacent to an activating group) is 1. The summed E-state index contributed by atoms with van der Waals surface area (Å²) >= 11 is 3.45. The molecule has 0 saturated carbocycles. The molecule has 0 bridgehead atoms. The van der Waals surface area contributed by atoms with E-state index >= 15 is 0 Å². The molecule has 0 spiro atoms. The molecule has 1 N–H and O–H groups in total. The number of ether oxygens (including phenoxy) is 1. The zero-order chi connectivity index (χ0) is 15.9. The van der Waals surface area contributed by atoms with Crippen molar-refractivity contribution in [3.05, 3.63) is 58.6 Å². The summed E-state index contributed by atoms with van der Waals surface area (Å²) in [6.07, 6.45) is 0. The summed E-state index contributed by atoms with van der Waals surface area (Å²) in [5, 5.41) is 2.87. The van der Waals surface area contributed by atoms with E-state index < -0.39 is 0 Å². The predicted molar refractivity (Wildman–Crippen MR) is 92.1 cm³/mol. The third-order valence-corrected chi connectivity index (χ3v) is 3.60. The number of methoxy groups -OCH3 is 1. The van der Waals surface area contributed by atoms with Crippen molar-refractivity contribution in [3.63, 3.8) is 0 Å². The lowest BCUT2D eigenvalue weighted by molar-refractivity contribution is -0.117. The Morgan fingerprint density at radius 2 is 2.00 bits per heavy atom. The lowest BCUT2D eigenvalue weighted by Crippen LogP contribution is -2.29. The minimum absolute atomic E-state index is 0.0502. The van der Waals surface area contributed by atoms with Crippen LogP contribution in [0.3, 0.4) is 0 Å². The van der Waals surface area contributed by atoms with Gasteiger partial charge in [-0.1, -0.05) is 34.1 Å². The summed E-state index contributed by atoms with van der Waals surface area (Å²) in [6, 6.07) is 15.4. The molecule has 22 heavy (non-hydrogen) atoms. The Morgan fingerprint density at radius 1 is 1.23 bits per heavy atom. The average molecular weight is 363 g/mol. The van der Waals surface area contributed by atoms with Crippen LogP contribution in [0, 0.1) is 0 Å². The molecule has 0 saturated heterocycles. The van der Waals surface area contributed by atoms with Crippen LogP contribution in [0.4, 0.5) is 5.69 Å². The van der Waals surface area contributed by atoms with Crippen LogP contribution in [-0.4, -0.2) is 31.5 Å². The van der Waals surface area contributed by atoms with Gasteiger partial charge in [0.05, 0.1) is 13.7 Å². The number of hydrogen-bond donors (Lipinski definition) is 1. The smallest absolute Gasteiger partial charge is 0.238 e. The minimum atomic E-state index is -0.0502. The maximum Gasteiger partial charge on any atom is 0.238 e. The van der Waals surface area contributed by atoms with E-state index in [0.717, 1.165) is 21.5 Å². The maximum absolute atomic E-state index is 12.1. The van der Waals surface area contributed by atoms with Crippen molar-refractivity contribution in [2.24, 2.45) is 0 Å². The number of nitrogens with one attached hydrogen (secondary N) is 1.